The van der Waals surface area contributed by atoms with E-state index in [0.717, 1.165) is 0 Å². The van der Waals surface area contributed by atoms with Gasteiger partial charge in [0.2, 0.25) is 0 Å². The Labute approximate surface area is 147 Å². The second kappa shape index (κ2) is 11.5. The van der Waals surface area contributed by atoms with Crippen molar-refractivity contribution in [1.29, 1.82) is 0 Å². The molecule has 0 atom stereocenters. The minimum absolute atomic E-state index is 1.23. The standard InChI is InChI=1S/C22H31S/c1-2-3-4-5-6-7-8-9-10-11-13-20-15-17-21(18-16-20)22-14-12-19-23-22/h12,14-18H,2-11,13H2,1H3. The van der Waals surface area contributed by atoms with E-state index in [0.29, 0.717) is 0 Å². The van der Waals surface area contributed by atoms with Crippen molar-refractivity contribution >= 4 is 11.3 Å². The highest BCUT2D eigenvalue weighted by Gasteiger charge is 1.99. The lowest BCUT2D eigenvalue weighted by Crippen LogP contribution is -1.87. The molecule has 1 radical (unpaired) electrons. The topological polar surface area (TPSA) is 0 Å². The van der Waals surface area contributed by atoms with Crippen LogP contribution in [-0.4, -0.2) is 0 Å². The van der Waals surface area contributed by atoms with Gasteiger partial charge in [-0.3, -0.25) is 0 Å². The van der Waals surface area contributed by atoms with Crippen LogP contribution in [0.15, 0.2) is 36.4 Å². The van der Waals surface area contributed by atoms with E-state index in [-0.39, 0.29) is 0 Å². The normalized spacial score (nSPS) is 11.0. The summed E-state index contributed by atoms with van der Waals surface area (Å²) in [6, 6.07) is 13.2. The summed E-state index contributed by atoms with van der Waals surface area (Å²) in [7, 11) is 0. The van der Waals surface area contributed by atoms with Crippen molar-refractivity contribution in [2.24, 2.45) is 0 Å². The van der Waals surface area contributed by atoms with Crippen molar-refractivity contribution in [3.63, 3.8) is 0 Å². The summed E-state index contributed by atoms with van der Waals surface area (Å²) in [6.45, 7) is 2.29. The minimum Gasteiger partial charge on any atom is -0.134 e. The molecule has 0 aliphatic rings. The molecule has 125 valence electrons. The Kier molecular flexibility index (Phi) is 9.09. The van der Waals surface area contributed by atoms with Gasteiger partial charge >= 0.3 is 0 Å². The van der Waals surface area contributed by atoms with E-state index in [1.165, 1.54) is 86.6 Å². The van der Waals surface area contributed by atoms with E-state index in [1.807, 2.05) is 6.07 Å². The predicted octanol–water partition coefficient (Wildman–Crippen LogP) is 7.68. The summed E-state index contributed by atoms with van der Waals surface area (Å²) < 4.78 is 0. The van der Waals surface area contributed by atoms with Crippen LogP contribution in [0.2, 0.25) is 0 Å². The highest BCUT2D eigenvalue weighted by atomic mass is 32.1. The molecule has 1 heteroatoms. The Morgan fingerprint density at radius 2 is 1.35 bits per heavy atom. The SMILES string of the molecule is CCCCCCCCCCCCc1ccc(-c2cc[c]s2)cc1. The van der Waals surface area contributed by atoms with Crippen LogP contribution in [0.25, 0.3) is 10.4 Å². The van der Waals surface area contributed by atoms with E-state index in [9.17, 15) is 0 Å². The molecular formula is C22H31S. The van der Waals surface area contributed by atoms with E-state index in [1.54, 1.807) is 11.3 Å². The van der Waals surface area contributed by atoms with Crippen LogP contribution >= 0.6 is 11.3 Å². The maximum absolute atomic E-state index is 3.16. The highest BCUT2D eigenvalue weighted by molar-refractivity contribution is 7.13. The Hall–Kier alpha value is -1.08. The molecule has 0 aliphatic heterocycles. The first-order chi connectivity index (χ1) is 11.4. The molecule has 0 amide bonds. The van der Waals surface area contributed by atoms with Crippen LogP contribution in [0.5, 0.6) is 0 Å². The van der Waals surface area contributed by atoms with Crippen LogP contribution in [0.3, 0.4) is 0 Å². The molecule has 0 N–H and O–H groups in total. The van der Waals surface area contributed by atoms with Crippen molar-refractivity contribution in [1.82, 2.24) is 0 Å². The third kappa shape index (κ3) is 7.35. The van der Waals surface area contributed by atoms with Gasteiger partial charge in [0.25, 0.3) is 0 Å². The van der Waals surface area contributed by atoms with Gasteiger partial charge in [0, 0.05) is 10.3 Å². The molecule has 1 heterocycles. The van der Waals surface area contributed by atoms with E-state index >= 15 is 0 Å². The summed E-state index contributed by atoms with van der Waals surface area (Å²) in [5.74, 6) is 0. The van der Waals surface area contributed by atoms with Crippen molar-refractivity contribution in [3.8, 4) is 10.4 Å². The first-order valence-electron chi connectivity index (χ1n) is 9.45. The van der Waals surface area contributed by atoms with Gasteiger partial charge < -0.3 is 0 Å². The van der Waals surface area contributed by atoms with Gasteiger partial charge in [0.15, 0.2) is 0 Å². The molecule has 2 rings (SSSR count). The number of hydrogen-bond donors (Lipinski definition) is 0. The lowest BCUT2D eigenvalue weighted by Gasteiger charge is -2.04. The number of aryl methyl sites for hydroxylation is 1. The lowest BCUT2D eigenvalue weighted by molar-refractivity contribution is 0.556. The van der Waals surface area contributed by atoms with E-state index in [2.05, 4.69) is 42.6 Å². The number of unbranched alkanes of at least 4 members (excludes halogenated alkanes) is 9. The van der Waals surface area contributed by atoms with E-state index in [4.69, 9.17) is 0 Å². The zero-order valence-corrected chi connectivity index (χ0v) is 15.5. The molecule has 0 saturated carbocycles. The fraction of sp³-hybridized carbons (Fsp3) is 0.545. The fourth-order valence-electron chi connectivity index (χ4n) is 3.05. The predicted molar refractivity (Wildman–Crippen MR) is 104 cm³/mol. The van der Waals surface area contributed by atoms with Gasteiger partial charge in [-0.15, -0.1) is 11.3 Å². The average Bonchev–Trinajstić information content (AvgIpc) is 3.12. The Morgan fingerprint density at radius 1 is 0.739 bits per heavy atom. The summed E-state index contributed by atoms with van der Waals surface area (Å²) in [5.41, 5.74) is 2.80. The van der Waals surface area contributed by atoms with Crippen LogP contribution < -0.4 is 0 Å². The quantitative estimate of drug-likeness (QED) is 0.351. The highest BCUT2D eigenvalue weighted by Crippen LogP contribution is 2.24. The number of thiophene rings is 1. The third-order valence-corrected chi connectivity index (χ3v) is 5.37. The van der Waals surface area contributed by atoms with Crippen molar-refractivity contribution in [3.05, 3.63) is 47.3 Å². The zero-order valence-electron chi connectivity index (χ0n) is 14.7. The molecule has 0 saturated heterocycles. The summed E-state index contributed by atoms with van der Waals surface area (Å²) in [6.07, 6.45) is 15.3. The summed E-state index contributed by atoms with van der Waals surface area (Å²) in [4.78, 5) is 1.32. The molecule has 2 aromatic rings. The molecule has 0 nitrogen and oxygen atoms in total. The van der Waals surface area contributed by atoms with Crippen molar-refractivity contribution < 1.29 is 0 Å². The molecule has 23 heavy (non-hydrogen) atoms. The molecule has 1 aromatic carbocycles. The second-order valence-corrected chi connectivity index (χ2v) is 7.43. The second-order valence-electron chi connectivity index (χ2n) is 6.55. The molecule has 0 spiro atoms. The molecule has 0 bridgehead atoms. The van der Waals surface area contributed by atoms with Crippen molar-refractivity contribution in [2.45, 2.75) is 77.6 Å². The van der Waals surface area contributed by atoms with Crippen LogP contribution in [0, 0.1) is 5.38 Å². The largest absolute Gasteiger partial charge is 0.134 e. The summed E-state index contributed by atoms with van der Waals surface area (Å²) in [5, 5.41) is 3.16. The van der Waals surface area contributed by atoms with E-state index < -0.39 is 0 Å². The number of hydrogen-bond acceptors (Lipinski definition) is 1. The minimum atomic E-state index is 1.23. The first-order valence-corrected chi connectivity index (χ1v) is 10.3. The van der Waals surface area contributed by atoms with Crippen LogP contribution in [-0.2, 0) is 6.42 Å². The summed E-state index contributed by atoms with van der Waals surface area (Å²) >= 11 is 1.69. The van der Waals surface area contributed by atoms with Crippen molar-refractivity contribution in [2.75, 3.05) is 0 Å². The van der Waals surface area contributed by atoms with Crippen LogP contribution in [0.4, 0.5) is 0 Å². The molecule has 0 aliphatic carbocycles. The fourth-order valence-corrected chi connectivity index (χ4v) is 3.70. The maximum atomic E-state index is 3.16. The zero-order chi connectivity index (χ0) is 16.2. The third-order valence-electron chi connectivity index (χ3n) is 4.53. The molecule has 0 unspecified atom stereocenters. The number of benzene rings is 1. The monoisotopic (exact) mass is 327 g/mol. The first kappa shape index (κ1) is 18.3. The van der Waals surface area contributed by atoms with Gasteiger partial charge in [0.05, 0.1) is 0 Å². The van der Waals surface area contributed by atoms with Gasteiger partial charge in [-0.25, -0.2) is 0 Å². The van der Waals surface area contributed by atoms with Gasteiger partial charge in [-0.05, 0) is 36.1 Å². The number of rotatable bonds is 12. The average molecular weight is 328 g/mol. The van der Waals surface area contributed by atoms with Crippen LogP contribution in [0.1, 0.15) is 76.7 Å². The Morgan fingerprint density at radius 3 is 1.91 bits per heavy atom. The Balaban J connectivity index is 1.51. The molecule has 0 fully saturated rings. The lowest BCUT2D eigenvalue weighted by atomic mass is 10.0. The van der Waals surface area contributed by atoms with Gasteiger partial charge in [-0.1, -0.05) is 89.0 Å². The Bertz CT molecular complexity index is 495. The molecular weight excluding hydrogens is 296 g/mol. The van der Waals surface area contributed by atoms with Gasteiger partial charge in [-0.2, -0.15) is 0 Å². The maximum Gasteiger partial charge on any atom is 0.0449 e. The smallest absolute Gasteiger partial charge is 0.0449 e. The molecule has 1 aromatic heterocycles. The van der Waals surface area contributed by atoms with Gasteiger partial charge in [0.1, 0.15) is 0 Å².